The first-order valence-corrected chi connectivity index (χ1v) is 7.75. The van der Waals surface area contributed by atoms with Gasteiger partial charge in [-0.2, -0.15) is 0 Å². The molecule has 2 heterocycles. The van der Waals surface area contributed by atoms with Crippen molar-refractivity contribution >= 4 is 23.6 Å². The van der Waals surface area contributed by atoms with Crippen LogP contribution in [0, 0.1) is 0 Å². The zero-order valence-corrected chi connectivity index (χ0v) is 13.6. The van der Waals surface area contributed by atoms with E-state index >= 15 is 0 Å². The number of fused-ring (bicyclic) bond motifs is 1. The van der Waals surface area contributed by atoms with Crippen molar-refractivity contribution in [3.8, 4) is 0 Å². The first kappa shape index (κ1) is 16.7. The molecule has 1 aromatic carbocycles. The van der Waals surface area contributed by atoms with Crippen molar-refractivity contribution < 1.29 is 24.3 Å². The minimum Gasteiger partial charge on any atom is -0.465 e. The summed E-state index contributed by atoms with van der Waals surface area (Å²) in [7, 11) is 1.38. The van der Waals surface area contributed by atoms with E-state index in [2.05, 4.69) is 5.16 Å². The summed E-state index contributed by atoms with van der Waals surface area (Å²) in [5.41, 5.74) is 2.05. The van der Waals surface area contributed by atoms with Crippen molar-refractivity contribution in [1.82, 2.24) is 9.80 Å². The Morgan fingerprint density at radius 2 is 1.92 bits per heavy atom. The first-order valence-electron chi connectivity index (χ1n) is 7.75. The maximum Gasteiger partial charge on any atom is 0.407 e. The van der Waals surface area contributed by atoms with Gasteiger partial charge in [0.1, 0.15) is 12.8 Å². The lowest BCUT2D eigenvalue weighted by Crippen LogP contribution is -2.41. The number of likely N-dealkylation sites (tertiary alicyclic amines) is 1. The van der Waals surface area contributed by atoms with Crippen LogP contribution in [0.15, 0.2) is 41.1 Å². The van der Waals surface area contributed by atoms with Crippen LogP contribution in [-0.4, -0.2) is 65.3 Å². The smallest absolute Gasteiger partial charge is 0.407 e. The van der Waals surface area contributed by atoms with E-state index in [4.69, 9.17) is 9.94 Å². The standard InChI is InChI=1S/C17H17N3O5/c1-25-18-14-10-19(17(23)24)8-6-11(14)7-9-20-15(21)12-4-2-3-5-13(12)16(20)22/h2-5,7H,6,8-10H2,1H3,(H,23,24). The third-order valence-electron chi connectivity index (χ3n) is 4.23. The van der Waals surface area contributed by atoms with Crippen molar-refractivity contribution in [1.29, 1.82) is 0 Å². The number of hydrogen-bond acceptors (Lipinski definition) is 5. The normalized spacial score (nSPS) is 20.4. The summed E-state index contributed by atoms with van der Waals surface area (Å²) in [5, 5.41) is 13.0. The van der Waals surface area contributed by atoms with Crippen molar-refractivity contribution in [2.45, 2.75) is 6.42 Å². The highest BCUT2D eigenvalue weighted by Crippen LogP contribution is 2.23. The number of carbonyl (C=O) groups is 3. The topological polar surface area (TPSA) is 99.5 Å². The highest BCUT2D eigenvalue weighted by Gasteiger charge is 2.34. The predicted molar refractivity (Wildman–Crippen MR) is 88.6 cm³/mol. The van der Waals surface area contributed by atoms with Gasteiger partial charge >= 0.3 is 6.09 Å². The summed E-state index contributed by atoms with van der Waals surface area (Å²) in [4.78, 5) is 43.0. The molecule has 8 nitrogen and oxygen atoms in total. The van der Waals surface area contributed by atoms with Crippen LogP contribution in [0.5, 0.6) is 0 Å². The van der Waals surface area contributed by atoms with Crippen LogP contribution in [0.1, 0.15) is 27.1 Å². The lowest BCUT2D eigenvalue weighted by atomic mass is 10.0. The predicted octanol–water partition coefficient (Wildman–Crippen LogP) is 1.60. The molecule has 3 rings (SSSR count). The lowest BCUT2D eigenvalue weighted by molar-refractivity contribution is 0.0671. The van der Waals surface area contributed by atoms with Crippen molar-refractivity contribution in [2.75, 3.05) is 26.7 Å². The molecule has 1 saturated heterocycles. The van der Waals surface area contributed by atoms with Crippen molar-refractivity contribution in [3.05, 3.63) is 47.0 Å². The Hall–Kier alpha value is -3.16. The second-order valence-corrected chi connectivity index (χ2v) is 5.67. The van der Waals surface area contributed by atoms with Crippen molar-refractivity contribution in [3.63, 3.8) is 0 Å². The van der Waals surface area contributed by atoms with Gasteiger partial charge in [0.25, 0.3) is 11.8 Å². The molecule has 0 aromatic heterocycles. The van der Waals surface area contributed by atoms with E-state index in [9.17, 15) is 14.4 Å². The van der Waals surface area contributed by atoms with E-state index in [1.165, 1.54) is 16.9 Å². The molecule has 8 heteroatoms. The molecule has 0 saturated carbocycles. The van der Waals surface area contributed by atoms with Gasteiger partial charge in [-0.25, -0.2) is 4.79 Å². The number of rotatable bonds is 3. The van der Waals surface area contributed by atoms with Gasteiger partial charge in [0.05, 0.1) is 17.7 Å². The van der Waals surface area contributed by atoms with E-state index in [0.717, 1.165) is 5.57 Å². The molecule has 3 amide bonds. The van der Waals surface area contributed by atoms with Gasteiger partial charge in [0.2, 0.25) is 0 Å². The monoisotopic (exact) mass is 343 g/mol. The van der Waals surface area contributed by atoms with Gasteiger partial charge in [-0.1, -0.05) is 23.4 Å². The summed E-state index contributed by atoms with van der Waals surface area (Å²) in [6, 6.07) is 6.70. The molecule has 1 fully saturated rings. The van der Waals surface area contributed by atoms with E-state index in [-0.39, 0.29) is 24.9 Å². The summed E-state index contributed by atoms with van der Waals surface area (Å²) >= 11 is 0. The Morgan fingerprint density at radius 3 is 2.48 bits per heavy atom. The van der Waals surface area contributed by atoms with E-state index in [1.807, 2.05) is 0 Å². The maximum atomic E-state index is 12.4. The fraction of sp³-hybridized carbons (Fsp3) is 0.294. The molecule has 0 unspecified atom stereocenters. The largest absolute Gasteiger partial charge is 0.465 e. The van der Waals surface area contributed by atoms with Crippen LogP contribution >= 0.6 is 0 Å². The molecule has 0 atom stereocenters. The molecule has 25 heavy (non-hydrogen) atoms. The number of imide groups is 1. The van der Waals surface area contributed by atoms with Crippen LogP contribution in [0.3, 0.4) is 0 Å². The van der Waals surface area contributed by atoms with Gasteiger partial charge in [-0.15, -0.1) is 0 Å². The van der Waals surface area contributed by atoms with Crippen LogP contribution in [-0.2, 0) is 4.84 Å². The van der Waals surface area contributed by atoms with E-state index in [0.29, 0.717) is 29.8 Å². The quantitative estimate of drug-likeness (QED) is 0.664. The fourth-order valence-electron chi connectivity index (χ4n) is 2.95. The minimum atomic E-state index is -1.02. The molecule has 130 valence electrons. The second-order valence-electron chi connectivity index (χ2n) is 5.67. The Balaban J connectivity index is 1.78. The Kier molecular flexibility index (Phi) is 4.51. The van der Waals surface area contributed by atoms with Gasteiger partial charge < -0.3 is 14.8 Å². The summed E-state index contributed by atoms with van der Waals surface area (Å²) < 4.78 is 0. The minimum absolute atomic E-state index is 0.108. The lowest BCUT2D eigenvalue weighted by Gasteiger charge is -2.27. The zero-order chi connectivity index (χ0) is 18.0. The summed E-state index contributed by atoms with van der Waals surface area (Å²) in [5.74, 6) is -0.656. The van der Waals surface area contributed by atoms with Crippen LogP contribution in [0.4, 0.5) is 4.79 Å². The molecule has 0 bridgehead atoms. The molecular weight excluding hydrogens is 326 g/mol. The number of hydrogen-bond donors (Lipinski definition) is 1. The number of carboxylic acid groups (broad SMARTS) is 1. The number of piperidine rings is 1. The average Bonchev–Trinajstić information content (AvgIpc) is 2.85. The Labute approximate surface area is 144 Å². The molecule has 2 aliphatic heterocycles. The summed E-state index contributed by atoms with van der Waals surface area (Å²) in [6.45, 7) is 0.542. The molecule has 0 radical (unpaired) electrons. The number of carbonyl (C=O) groups excluding carboxylic acids is 2. The van der Waals surface area contributed by atoms with E-state index in [1.54, 1.807) is 30.3 Å². The Bertz CT molecular complexity index is 764. The second kappa shape index (κ2) is 6.76. The molecule has 0 aliphatic carbocycles. The number of benzene rings is 1. The third kappa shape index (κ3) is 3.10. The SMILES string of the molecule is CON=C1CN(C(=O)O)CCC1=CCN1C(=O)c2ccccc2C1=O. The highest BCUT2D eigenvalue weighted by atomic mass is 16.6. The maximum absolute atomic E-state index is 12.4. The fourth-order valence-corrected chi connectivity index (χ4v) is 2.95. The van der Waals surface area contributed by atoms with Gasteiger partial charge in [-0.3, -0.25) is 14.5 Å². The third-order valence-corrected chi connectivity index (χ3v) is 4.23. The zero-order valence-electron chi connectivity index (χ0n) is 13.6. The average molecular weight is 343 g/mol. The molecular formula is C17H17N3O5. The number of oxime groups is 1. The first-order chi connectivity index (χ1) is 12.0. The van der Waals surface area contributed by atoms with Crippen LogP contribution < -0.4 is 0 Å². The Morgan fingerprint density at radius 1 is 1.28 bits per heavy atom. The summed E-state index contributed by atoms with van der Waals surface area (Å²) in [6.07, 6.45) is 1.15. The van der Waals surface area contributed by atoms with Crippen molar-refractivity contribution in [2.24, 2.45) is 5.16 Å². The van der Waals surface area contributed by atoms with Gasteiger partial charge in [-0.05, 0) is 24.1 Å². The van der Waals surface area contributed by atoms with Crippen LogP contribution in [0.25, 0.3) is 0 Å². The molecule has 0 spiro atoms. The molecule has 2 aliphatic rings. The van der Waals surface area contributed by atoms with Crippen LogP contribution in [0.2, 0.25) is 0 Å². The molecule has 1 N–H and O–H groups in total. The highest BCUT2D eigenvalue weighted by molar-refractivity contribution is 6.21. The number of nitrogens with zero attached hydrogens (tertiary/aromatic N) is 3. The van der Waals surface area contributed by atoms with Gasteiger partial charge in [0.15, 0.2) is 0 Å². The number of amides is 3. The molecule has 1 aromatic rings. The van der Waals surface area contributed by atoms with Gasteiger partial charge in [0, 0.05) is 13.1 Å². The van der Waals surface area contributed by atoms with E-state index < -0.39 is 6.09 Å².